The Hall–Kier alpha value is -1.36. The standard InChI is InChI=1S/C12H15NO3S/c14-11(13-7-10-2-1-5-17-10)8-3-4-9(6-8)12(15)16/h1-2,5,8-9H,3-4,6-7H2,(H,13,14)(H,15,16). The van der Waals surface area contributed by atoms with Crippen molar-refractivity contribution in [3.63, 3.8) is 0 Å². The average Bonchev–Trinajstić information content (AvgIpc) is 2.96. The quantitative estimate of drug-likeness (QED) is 0.860. The summed E-state index contributed by atoms with van der Waals surface area (Å²) >= 11 is 1.60. The molecule has 4 nitrogen and oxygen atoms in total. The molecular formula is C12H15NO3S. The summed E-state index contributed by atoms with van der Waals surface area (Å²) in [5, 5.41) is 13.7. The first kappa shape index (κ1) is 12.1. The molecule has 1 saturated carbocycles. The highest BCUT2D eigenvalue weighted by molar-refractivity contribution is 7.09. The van der Waals surface area contributed by atoms with E-state index in [1.54, 1.807) is 11.3 Å². The number of hydrogen-bond donors (Lipinski definition) is 2. The summed E-state index contributed by atoms with van der Waals surface area (Å²) in [6.45, 7) is 0.546. The molecule has 0 radical (unpaired) electrons. The molecule has 17 heavy (non-hydrogen) atoms. The number of nitrogens with one attached hydrogen (secondary N) is 1. The van der Waals surface area contributed by atoms with Crippen LogP contribution >= 0.6 is 11.3 Å². The van der Waals surface area contributed by atoms with Crippen molar-refractivity contribution in [2.24, 2.45) is 11.8 Å². The predicted octanol–water partition coefficient (Wildman–Crippen LogP) is 1.87. The third-order valence-corrected chi connectivity index (χ3v) is 4.05. The van der Waals surface area contributed by atoms with Crippen LogP contribution in [0, 0.1) is 11.8 Å². The second-order valence-electron chi connectivity index (χ2n) is 4.34. The van der Waals surface area contributed by atoms with E-state index in [4.69, 9.17) is 5.11 Å². The highest BCUT2D eigenvalue weighted by atomic mass is 32.1. The van der Waals surface area contributed by atoms with Gasteiger partial charge in [-0.2, -0.15) is 0 Å². The minimum Gasteiger partial charge on any atom is -0.481 e. The van der Waals surface area contributed by atoms with Gasteiger partial charge in [0.1, 0.15) is 0 Å². The first-order valence-corrected chi connectivity index (χ1v) is 6.57. The fraction of sp³-hybridized carbons (Fsp3) is 0.500. The van der Waals surface area contributed by atoms with E-state index in [0.29, 0.717) is 25.8 Å². The molecule has 2 N–H and O–H groups in total. The topological polar surface area (TPSA) is 66.4 Å². The number of carbonyl (C=O) groups is 2. The molecule has 2 unspecified atom stereocenters. The average molecular weight is 253 g/mol. The van der Waals surface area contributed by atoms with Gasteiger partial charge in [0.05, 0.1) is 12.5 Å². The zero-order valence-corrected chi connectivity index (χ0v) is 10.2. The number of thiophene rings is 1. The summed E-state index contributed by atoms with van der Waals surface area (Å²) in [7, 11) is 0. The third kappa shape index (κ3) is 3.06. The van der Waals surface area contributed by atoms with Crippen LogP contribution in [0.1, 0.15) is 24.1 Å². The van der Waals surface area contributed by atoms with Crippen LogP contribution in [0.3, 0.4) is 0 Å². The summed E-state index contributed by atoms with van der Waals surface area (Å²) in [6, 6.07) is 3.92. The van der Waals surface area contributed by atoms with Crippen LogP contribution in [0.25, 0.3) is 0 Å². The van der Waals surface area contributed by atoms with Crippen molar-refractivity contribution in [3.8, 4) is 0 Å². The summed E-state index contributed by atoms with van der Waals surface area (Å²) < 4.78 is 0. The molecule has 2 atom stereocenters. The smallest absolute Gasteiger partial charge is 0.306 e. The summed E-state index contributed by atoms with van der Waals surface area (Å²) in [4.78, 5) is 23.7. The Bertz CT molecular complexity index is 402. The van der Waals surface area contributed by atoms with Crippen molar-refractivity contribution in [2.45, 2.75) is 25.8 Å². The molecular weight excluding hydrogens is 238 g/mol. The highest BCUT2D eigenvalue weighted by Crippen LogP contribution is 2.31. The molecule has 1 amide bonds. The van der Waals surface area contributed by atoms with Crippen molar-refractivity contribution in [3.05, 3.63) is 22.4 Å². The molecule has 0 aliphatic heterocycles. The van der Waals surface area contributed by atoms with Crippen molar-refractivity contribution in [2.75, 3.05) is 0 Å². The van der Waals surface area contributed by atoms with Gasteiger partial charge in [0, 0.05) is 10.8 Å². The maximum Gasteiger partial charge on any atom is 0.306 e. The van der Waals surface area contributed by atoms with Crippen LogP contribution in [-0.2, 0) is 16.1 Å². The first-order chi connectivity index (χ1) is 8.16. The number of carbonyl (C=O) groups excluding carboxylic acids is 1. The van der Waals surface area contributed by atoms with E-state index < -0.39 is 5.97 Å². The van der Waals surface area contributed by atoms with E-state index in [-0.39, 0.29) is 17.7 Å². The van der Waals surface area contributed by atoms with E-state index >= 15 is 0 Å². The Labute approximate surface area is 104 Å². The lowest BCUT2D eigenvalue weighted by atomic mass is 10.0. The van der Waals surface area contributed by atoms with Crippen LogP contribution < -0.4 is 5.32 Å². The maximum atomic E-state index is 11.8. The molecule has 0 aromatic carbocycles. The van der Waals surface area contributed by atoms with E-state index in [2.05, 4.69) is 5.32 Å². The van der Waals surface area contributed by atoms with E-state index in [9.17, 15) is 9.59 Å². The number of carboxylic acid groups (broad SMARTS) is 1. The van der Waals surface area contributed by atoms with Crippen LogP contribution in [0.4, 0.5) is 0 Å². The minimum atomic E-state index is -0.779. The normalized spacial score (nSPS) is 23.5. The highest BCUT2D eigenvalue weighted by Gasteiger charge is 2.33. The van der Waals surface area contributed by atoms with Crippen molar-refractivity contribution >= 4 is 23.2 Å². The van der Waals surface area contributed by atoms with Gasteiger partial charge in [0.2, 0.25) is 5.91 Å². The van der Waals surface area contributed by atoms with Gasteiger partial charge >= 0.3 is 5.97 Å². The van der Waals surface area contributed by atoms with Gasteiger partial charge in [0.15, 0.2) is 0 Å². The van der Waals surface area contributed by atoms with Crippen LogP contribution in [0.5, 0.6) is 0 Å². The molecule has 1 aliphatic rings. The SMILES string of the molecule is O=C(O)C1CCC(C(=O)NCc2cccs2)C1. The number of carboxylic acids is 1. The number of hydrogen-bond acceptors (Lipinski definition) is 3. The molecule has 1 aromatic rings. The monoisotopic (exact) mass is 253 g/mol. The summed E-state index contributed by atoms with van der Waals surface area (Å²) in [5.41, 5.74) is 0. The van der Waals surface area contributed by atoms with Crippen molar-refractivity contribution < 1.29 is 14.7 Å². The van der Waals surface area contributed by atoms with Crippen LogP contribution in [0.15, 0.2) is 17.5 Å². The molecule has 1 heterocycles. The molecule has 1 aromatic heterocycles. The first-order valence-electron chi connectivity index (χ1n) is 5.69. The zero-order chi connectivity index (χ0) is 12.3. The van der Waals surface area contributed by atoms with Gasteiger partial charge in [-0.15, -0.1) is 11.3 Å². The van der Waals surface area contributed by atoms with Crippen molar-refractivity contribution in [1.82, 2.24) is 5.32 Å². The van der Waals surface area contributed by atoms with Gasteiger partial charge in [-0.25, -0.2) is 0 Å². The Morgan fingerprint density at radius 3 is 2.76 bits per heavy atom. The molecule has 1 fully saturated rings. The maximum absolute atomic E-state index is 11.8. The van der Waals surface area contributed by atoms with E-state index in [1.807, 2.05) is 17.5 Å². The molecule has 0 spiro atoms. The Morgan fingerprint density at radius 1 is 1.41 bits per heavy atom. The van der Waals surface area contributed by atoms with Gasteiger partial charge < -0.3 is 10.4 Å². The van der Waals surface area contributed by atoms with Crippen LogP contribution in [-0.4, -0.2) is 17.0 Å². The van der Waals surface area contributed by atoms with Gasteiger partial charge in [0.25, 0.3) is 0 Å². The summed E-state index contributed by atoms with van der Waals surface area (Å²) in [5.74, 6) is -1.26. The molecule has 92 valence electrons. The molecule has 5 heteroatoms. The van der Waals surface area contributed by atoms with Gasteiger partial charge in [-0.3, -0.25) is 9.59 Å². The Balaban J connectivity index is 1.79. The third-order valence-electron chi connectivity index (χ3n) is 3.17. The number of aliphatic carboxylic acids is 1. The lowest BCUT2D eigenvalue weighted by Gasteiger charge is -2.09. The molecule has 0 bridgehead atoms. The zero-order valence-electron chi connectivity index (χ0n) is 9.39. The predicted molar refractivity (Wildman–Crippen MR) is 64.6 cm³/mol. The lowest BCUT2D eigenvalue weighted by Crippen LogP contribution is -2.29. The Morgan fingerprint density at radius 2 is 2.18 bits per heavy atom. The van der Waals surface area contributed by atoms with Crippen LogP contribution in [0.2, 0.25) is 0 Å². The molecule has 0 saturated heterocycles. The second-order valence-corrected chi connectivity index (χ2v) is 5.37. The fourth-order valence-electron chi connectivity index (χ4n) is 2.18. The summed E-state index contributed by atoms with van der Waals surface area (Å²) in [6.07, 6.45) is 1.78. The molecule has 1 aliphatic carbocycles. The Kier molecular flexibility index (Phi) is 3.78. The van der Waals surface area contributed by atoms with Gasteiger partial charge in [-0.1, -0.05) is 6.07 Å². The van der Waals surface area contributed by atoms with Crippen molar-refractivity contribution in [1.29, 1.82) is 0 Å². The fourth-order valence-corrected chi connectivity index (χ4v) is 2.82. The number of amides is 1. The van der Waals surface area contributed by atoms with E-state index in [0.717, 1.165) is 4.88 Å². The minimum absolute atomic E-state index is 0.0119. The largest absolute Gasteiger partial charge is 0.481 e. The second kappa shape index (κ2) is 5.31. The van der Waals surface area contributed by atoms with E-state index in [1.165, 1.54) is 0 Å². The number of rotatable bonds is 4. The van der Waals surface area contributed by atoms with Gasteiger partial charge in [-0.05, 0) is 30.7 Å². The molecule has 2 rings (SSSR count). The lowest BCUT2D eigenvalue weighted by molar-refractivity contribution is -0.141.